The van der Waals surface area contributed by atoms with Crippen LogP contribution in [0.3, 0.4) is 0 Å². The molecular weight excluding hydrogens is 409 g/mol. The predicted octanol–water partition coefficient (Wildman–Crippen LogP) is 2.80. The molecule has 1 amide bonds. The molecule has 0 heterocycles. The number of benzene rings is 2. The summed E-state index contributed by atoms with van der Waals surface area (Å²) in [5, 5.41) is 2.48. The fourth-order valence-electron chi connectivity index (χ4n) is 2.52. The number of aryl methyl sites for hydroxylation is 2. The molecule has 0 aliphatic heterocycles. The maximum Gasteiger partial charge on any atom is 0.416 e. The van der Waals surface area contributed by atoms with Gasteiger partial charge in [-0.25, -0.2) is 13.1 Å². The highest BCUT2D eigenvalue weighted by molar-refractivity contribution is 7.89. The van der Waals surface area contributed by atoms with E-state index in [1.165, 1.54) is 0 Å². The highest BCUT2D eigenvalue weighted by Crippen LogP contribution is 2.30. The summed E-state index contributed by atoms with van der Waals surface area (Å²) < 4.78 is 70.0. The lowest BCUT2D eigenvalue weighted by molar-refractivity contribution is -0.137. The SMILES string of the molecule is Cc1cccc(C)c1OCCNC(=O)CNS(=O)(=O)c1cccc(C(F)(F)F)c1. The zero-order valence-electron chi connectivity index (χ0n) is 15.8. The summed E-state index contributed by atoms with van der Waals surface area (Å²) in [6.45, 7) is 3.49. The quantitative estimate of drug-likeness (QED) is 0.631. The molecule has 0 radical (unpaired) electrons. The summed E-state index contributed by atoms with van der Waals surface area (Å²) in [4.78, 5) is 11.2. The second-order valence-electron chi connectivity index (χ2n) is 6.27. The van der Waals surface area contributed by atoms with E-state index in [1.54, 1.807) is 0 Å². The van der Waals surface area contributed by atoms with Gasteiger partial charge < -0.3 is 10.1 Å². The molecule has 0 aliphatic carbocycles. The normalized spacial score (nSPS) is 11.9. The van der Waals surface area contributed by atoms with Crippen LogP contribution < -0.4 is 14.8 Å². The van der Waals surface area contributed by atoms with Gasteiger partial charge in [0.1, 0.15) is 12.4 Å². The Morgan fingerprint density at radius 2 is 1.69 bits per heavy atom. The van der Waals surface area contributed by atoms with Crippen LogP contribution in [0.15, 0.2) is 47.4 Å². The molecule has 0 aromatic heterocycles. The van der Waals surface area contributed by atoms with E-state index in [0.29, 0.717) is 11.8 Å². The van der Waals surface area contributed by atoms with Crippen molar-refractivity contribution in [1.82, 2.24) is 10.0 Å². The summed E-state index contributed by atoms with van der Waals surface area (Å²) in [6.07, 6.45) is -4.67. The van der Waals surface area contributed by atoms with Gasteiger partial charge in [0.05, 0.1) is 23.5 Å². The maximum absolute atomic E-state index is 12.7. The molecule has 0 aliphatic rings. The molecular formula is C19H21F3N2O4S. The van der Waals surface area contributed by atoms with Crippen LogP contribution in [-0.4, -0.2) is 34.0 Å². The number of nitrogens with one attached hydrogen (secondary N) is 2. The Hall–Kier alpha value is -2.59. The Balaban J connectivity index is 1.84. The molecule has 0 bridgehead atoms. The minimum atomic E-state index is -4.67. The number of rotatable bonds is 8. The summed E-state index contributed by atoms with van der Waals surface area (Å²) in [7, 11) is -4.27. The first-order valence-electron chi connectivity index (χ1n) is 8.63. The van der Waals surface area contributed by atoms with E-state index >= 15 is 0 Å². The average molecular weight is 430 g/mol. The smallest absolute Gasteiger partial charge is 0.416 e. The second-order valence-corrected chi connectivity index (χ2v) is 8.04. The molecule has 0 fully saturated rings. The molecule has 6 nitrogen and oxygen atoms in total. The van der Waals surface area contributed by atoms with Gasteiger partial charge in [-0.15, -0.1) is 0 Å². The number of carbonyl (C=O) groups excluding carboxylic acids is 1. The molecule has 0 atom stereocenters. The number of ether oxygens (including phenoxy) is 1. The van der Waals surface area contributed by atoms with Gasteiger partial charge in [0, 0.05) is 0 Å². The van der Waals surface area contributed by atoms with Crippen molar-refractivity contribution >= 4 is 15.9 Å². The third-order valence-corrected chi connectivity index (χ3v) is 5.37. The van der Waals surface area contributed by atoms with Crippen molar-refractivity contribution < 1.29 is 31.1 Å². The lowest BCUT2D eigenvalue weighted by Gasteiger charge is -2.13. The number of halogens is 3. The average Bonchev–Trinajstić information content (AvgIpc) is 2.65. The lowest BCUT2D eigenvalue weighted by Crippen LogP contribution is -2.38. The lowest BCUT2D eigenvalue weighted by atomic mass is 10.1. The Bertz CT molecular complexity index is 955. The number of hydrogen-bond acceptors (Lipinski definition) is 4. The van der Waals surface area contributed by atoms with E-state index in [2.05, 4.69) is 5.32 Å². The summed E-state index contributed by atoms with van der Waals surface area (Å²) in [5.41, 5.74) is 0.809. The third kappa shape index (κ3) is 6.47. The van der Waals surface area contributed by atoms with Gasteiger partial charge in [0.2, 0.25) is 15.9 Å². The summed E-state index contributed by atoms with van der Waals surface area (Å²) in [6, 6.07) is 8.97. The van der Waals surface area contributed by atoms with Crippen LogP contribution in [0.4, 0.5) is 13.2 Å². The molecule has 2 aromatic rings. The fourth-order valence-corrected chi connectivity index (χ4v) is 3.54. The second kappa shape index (κ2) is 9.27. The van der Waals surface area contributed by atoms with Crippen LogP contribution in [0.1, 0.15) is 16.7 Å². The van der Waals surface area contributed by atoms with Crippen molar-refractivity contribution in [1.29, 1.82) is 0 Å². The predicted molar refractivity (Wildman–Crippen MR) is 101 cm³/mol. The Morgan fingerprint density at radius 1 is 1.07 bits per heavy atom. The van der Waals surface area contributed by atoms with Crippen LogP contribution >= 0.6 is 0 Å². The van der Waals surface area contributed by atoms with E-state index in [9.17, 15) is 26.4 Å². The van der Waals surface area contributed by atoms with Crippen LogP contribution in [0.5, 0.6) is 5.75 Å². The van der Waals surface area contributed by atoms with Crippen LogP contribution in [0, 0.1) is 13.8 Å². The number of sulfonamides is 1. The van der Waals surface area contributed by atoms with E-state index in [4.69, 9.17) is 4.74 Å². The molecule has 2 N–H and O–H groups in total. The number of hydrogen-bond donors (Lipinski definition) is 2. The van der Waals surface area contributed by atoms with Gasteiger partial charge in [0.15, 0.2) is 0 Å². The van der Waals surface area contributed by atoms with Gasteiger partial charge in [-0.05, 0) is 43.2 Å². The Labute approximate surface area is 167 Å². The molecule has 29 heavy (non-hydrogen) atoms. The monoisotopic (exact) mass is 430 g/mol. The summed E-state index contributed by atoms with van der Waals surface area (Å²) in [5.74, 6) is 0.0812. The molecule has 10 heteroatoms. The molecule has 0 saturated carbocycles. The third-order valence-electron chi connectivity index (χ3n) is 3.97. The van der Waals surface area contributed by atoms with Crippen LogP contribution in [0.25, 0.3) is 0 Å². The first kappa shape index (κ1) is 22.7. The van der Waals surface area contributed by atoms with Crippen molar-refractivity contribution in [2.45, 2.75) is 24.9 Å². The number of para-hydroxylation sites is 1. The molecule has 158 valence electrons. The van der Waals surface area contributed by atoms with E-state index < -0.39 is 39.1 Å². The minimum absolute atomic E-state index is 0.137. The topological polar surface area (TPSA) is 84.5 Å². The van der Waals surface area contributed by atoms with Gasteiger partial charge >= 0.3 is 6.18 Å². The van der Waals surface area contributed by atoms with Crippen LogP contribution in [-0.2, 0) is 21.0 Å². The zero-order chi connectivity index (χ0) is 21.7. The first-order chi connectivity index (χ1) is 13.5. The Kier molecular flexibility index (Phi) is 7.26. The number of alkyl halides is 3. The van der Waals surface area contributed by atoms with E-state index in [0.717, 1.165) is 29.3 Å². The fraction of sp³-hybridized carbons (Fsp3) is 0.316. The van der Waals surface area contributed by atoms with Crippen LogP contribution in [0.2, 0.25) is 0 Å². The number of carbonyl (C=O) groups is 1. The van der Waals surface area contributed by atoms with Gasteiger partial charge in [-0.1, -0.05) is 24.3 Å². The maximum atomic E-state index is 12.7. The molecule has 2 aromatic carbocycles. The van der Waals surface area contributed by atoms with Crippen molar-refractivity contribution in [3.63, 3.8) is 0 Å². The van der Waals surface area contributed by atoms with Gasteiger partial charge in [0.25, 0.3) is 0 Å². The first-order valence-corrected chi connectivity index (χ1v) is 10.1. The Morgan fingerprint density at radius 3 is 2.31 bits per heavy atom. The molecule has 0 unspecified atom stereocenters. The molecule has 0 saturated heterocycles. The minimum Gasteiger partial charge on any atom is -0.491 e. The van der Waals surface area contributed by atoms with Crippen molar-refractivity contribution in [3.8, 4) is 5.75 Å². The van der Waals surface area contributed by atoms with E-state index in [-0.39, 0.29) is 13.2 Å². The largest absolute Gasteiger partial charge is 0.491 e. The standard InChI is InChI=1S/C19H21F3N2O4S/c1-13-5-3-6-14(2)18(13)28-10-9-23-17(25)12-24-29(26,27)16-8-4-7-15(11-16)19(20,21)22/h3-8,11,24H,9-10,12H2,1-2H3,(H,23,25). The van der Waals surface area contributed by atoms with Crippen molar-refractivity contribution in [2.24, 2.45) is 0 Å². The zero-order valence-corrected chi connectivity index (χ0v) is 16.7. The highest BCUT2D eigenvalue weighted by Gasteiger charge is 2.31. The van der Waals surface area contributed by atoms with Crippen molar-refractivity contribution in [2.75, 3.05) is 19.7 Å². The number of amides is 1. The van der Waals surface area contributed by atoms with Gasteiger partial charge in [-0.2, -0.15) is 13.2 Å². The van der Waals surface area contributed by atoms with E-state index in [1.807, 2.05) is 36.8 Å². The van der Waals surface area contributed by atoms with Gasteiger partial charge in [-0.3, -0.25) is 4.79 Å². The summed E-state index contributed by atoms with van der Waals surface area (Å²) >= 11 is 0. The van der Waals surface area contributed by atoms with Crippen molar-refractivity contribution in [3.05, 3.63) is 59.2 Å². The molecule has 2 rings (SSSR count). The molecule has 0 spiro atoms. The highest BCUT2D eigenvalue weighted by atomic mass is 32.2.